The van der Waals surface area contributed by atoms with Crippen LogP contribution in [-0.2, 0) is 0 Å². The lowest BCUT2D eigenvalue weighted by atomic mass is 9.99. The van der Waals surface area contributed by atoms with Crippen LogP contribution in [0.25, 0.3) is 110 Å². The average molecular weight is 713 g/mol. The maximum Gasteiger partial charge on any atom is 0.235 e. The van der Waals surface area contributed by atoms with Gasteiger partial charge < -0.3 is 4.57 Å². The van der Waals surface area contributed by atoms with E-state index in [-0.39, 0.29) is 0 Å². The van der Waals surface area contributed by atoms with Crippen LogP contribution in [0.3, 0.4) is 0 Å². The molecule has 0 atom stereocenters. The zero-order valence-corrected chi connectivity index (χ0v) is 30.3. The molecule has 12 aromatic rings. The first-order valence-corrected chi connectivity index (χ1v) is 19.1. The molecule has 3 aromatic heterocycles. The molecule has 3 heterocycles. The van der Waals surface area contributed by atoms with Crippen LogP contribution in [0, 0.1) is 0 Å². The van der Waals surface area contributed by atoms with Crippen LogP contribution in [0.15, 0.2) is 194 Å². The lowest BCUT2D eigenvalue weighted by Gasteiger charge is -2.14. The zero-order valence-electron chi connectivity index (χ0n) is 30.3. The number of para-hydroxylation sites is 3. The maximum atomic E-state index is 5.50. The number of benzene rings is 9. The zero-order chi connectivity index (χ0) is 36.7. The highest BCUT2D eigenvalue weighted by molar-refractivity contribution is 6.15. The SMILES string of the molecule is c1ccc(-n2c3ccccc3c3cc(-c4ccc5c6cc7ccccc7cc6n(-c6nc(-c7cccc8ccccc78)c7ccccc7n6)c5c4)ccc32)cc1. The van der Waals surface area contributed by atoms with Gasteiger partial charge in [-0.05, 0) is 87.3 Å². The normalized spacial score (nSPS) is 11.9. The molecule has 0 fully saturated rings. The Labute approximate surface area is 322 Å². The Balaban J connectivity index is 1.13. The summed E-state index contributed by atoms with van der Waals surface area (Å²) < 4.78 is 4.65. The van der Waals surface area contributed by atoms with E-state index in [1.54, 1.807) is 0 Å². The predicted octanol–water partition coefficient (Wildman–Crippen LogP) is 13.5. The van der Waals surface area contributed by atoms with Crippen molar-refractivity contribution in [1.29, 1.82) is 0 Å². The first kappa shape index (κ1) is 30.9. The number of hydrogen-bond donors (Lipinski definition) is 0. The van der Waals surface area contributed by atoms with Gasteiger partial charge in [-0.25, -0.2) is 9.97 Å². The van der Waals surface area contributed by atoms with Crippen molar-refractivity contribution >= 4 is 76.1 Å². The Morgan fingerprint density at radius 1 is 0.321 bits per heavy atom. The van der Waals surface area contributed by atoms with Crippen LogP contribution < -0.4 is 0 Å². The summed E-state index contributed by atoms with van der Waals surface area (Å²) in [5, 5.41) is 10.6. The Morgan fingerprint density at radius 2 is 0.929 bits per heavy atom. The summed E-state index contributed by atoms with van der Waals surface area (Å²) in [4.78, 5) is 10.8. The van der Waals surface area contributed by atoms with E-state index in [0.29, 0.717) is 5.95 Å². The molecule has 0 bridgehead atoms. The third-order valence-electron chi connectivity index (χ3n) is 11.5. The van der Waals surface area contributed by atoms with E-state index in [0.717, 1.165) is 50.0 Å². The monoisotopic (exact) mass is 712 g/mol. The van der Waals surface area contributed by atoms with Crippen molar-refractivity contribution in [3.8, 4) is 34.0 Å². The molecule has 56 heavy (non-hydrogen) atoms. The largest absolute Gasteiger partial charge is 0.309 e. The quantitative estimate of drug-likeness (QED) is 0.182. The summed E-state index contributed by atoms with van der Waals surface area (Å²) in [5.41, 5.74) is 10.9. The van der Waals surface area contributed by atoms with Crippen LogP contribution in [0.4, 0.5) is 0 Å². The summed E-state index contributed by atoms with van der Waals surface area (Å²) in [6.45, 7) is 0. The predicted molar refractivity (Wildman–Crippen MR) is 234 cm³/mol. The minimum Gasteiger partial charge on any atom is -0.309 e. The van der Waals surface area contributed by atoms with Crippen LogP contribution in [0.5, 0.6) is 0 Å². The Morgan fingerprint density at radius 3 is 1.80 bits per heavy atom. The summed E-state index contributed by atoms with van der Waals surface area (Å²) in [5.74, 6) is 0.653. The van der Waals surface area contributed by atoms with Crippen molar-refractivity contribution in [2.75, 3.05) is 0 Å². The summed E-state index contributed by atoms with van der Waals surface area (Å²) in [6, 6.07) is 69.7. The first-order chi connectivity index (χ1) is 27.8. The number of rotatable bonds is 4. The van der Waals surface area contributed by atoms with Crippen molar-refractivity contribution in [1.82, 2.24) is 19.1 Å². The molecule has 0 N–H and O–H groups in total. The van der Waals surface area contributed by atoms with Crippen LogP contribution in [0.2, 0.25) is 0 Å². The van der Waals surface area contributed by atoms with Crippen molar-refractivity contribution < 1.29 is 0 Å². The van der Waals surface area contributed by atoms with Gasteiger partial charge in [0.25, 0.3) is 0 Å². The molecule has 0 radical (unpaired) electrons. The molecule has 4 nitrogen and oxygen atoms in total. The van der Waals surface area contributed by atoms with Crippen LogP contribution >= 0.6 is 0 Å². The number of fused-ring (bicyclic) bond motifs is 9. The molecule has 0 saturated heterocycles. The van der Waals surface area contributed by atoms with Gasteiger partial charge in [-0.2, -0.15) is 0 Å². The van der Waals surface area contributed by atoms with Crippen molar-refractivity contribution in [2.45, 2.75) is 0 Å². The fraction of sp³-hybridized carbons (Fsp3) is 0. The summed E-state index contributed by atoms with van der Waals surface area (Å²) in [7, 11) is 0. The van der Waals surface area contributed by atoms with Crippen LogP contribution in [-0.4, -0.2) is 19.1 Å². The highest BCUT2D eigenvalue weighted by Crippen LogP contribution is 2.40. The fourth-order valence-electron chi connectivity index (χ4n) is 8.91. The van der Waals surface area contributed by atoms with E-state index in [1.165, 1.54) is 54.1 Å². The lowest BCUT2D eigenvalue weighted by molar-refractivity contribution is 1.01. The van der Waals surface area contributed by atoms with Gasteiger partial charge >= 0.3 is 0 Å². The highest BCUT2D eigenvalue weighted by atomic mass is 15.2. The van der Waals surface area contributed by atoms with Gasteiger partial charge in [0.2, 0.25) is 5.95 Å². The van der Waals surface area contributed by atoms with E-state index in [9.17, 15) is 0 Å². The smallest absolute Gasteiger partial charge is 0.235 e. The second kappa shape index (κ2) is 12.0. The molecule has 4 heteroatoms. The molecular formula is C52H32N4. The molecule has 0 spiro atoms. The standard InChI is InChI=1S/C52H32N4/c1-2-17-38(18-3-1)55-47-24-11-9-20-40(47)44-30-36(26-28-48(44)55)37-25-27-41-45-29-34-14-4-5-15-35(34)31-50(45)56(49(41)32-37)52-53-46-23-10-8-21-43(46)51(54-52)42-22-12-16-33-13-6-7-19-39(33)42/h1-32H. The van der Waals surface area contributed by atoms with Gasteiger partial charge in [0.1, 0.15) is 0 Å². The Hall–Kier alpha value is -7.56. The fourth-order valence-corrected chi connectivity index (χ4v) is 8.91. The highest BCUT2D eigenvalue weighted by Gasteiger charge is 2.20. The van der Waals surface area contributed by atoms with Gasteiger partial charge in [-0.3, -0.25) is 4.57 Å². The molecule has 0 saturated carbocycles. The van der Waals surface area contributed by atoms with E-state index in [2.05, 4.69) is 203 Å². The average Bonchev–Trinajstić information content (AvgIpc) is 3.76. The van der Waals surface area contributed by atoms with Gasteiger partial charge in [-0.15, -0.1) is 0 Å². The molecule has 0 aliphatic carbocycles. The Kier molecular flexibility index (Phi) is 6.60. The minimum absolute atomic E-state index is 0.653. The second-order valence-corrected chi connectivity index (χ2v) is 14.6. The second-order valence-electron chi connectivity index (χ2n) is 14.6. The maximum absolute atomic E-state index is 5.50. The number of hydrogen-bond acceptors (Lipinski definition) is 2. The lowest BCUT2D eigenvalue weighted by Crippen LogP contribution is -2.03. The van der Waals surface area contributed by atoms with Crippen molar-refractivity contribution in [3.05, 3.63) is 194 Å². The van der Waals surface area contributed by atoms with Gasteiger partial charge in [-0.1, -0.05) is 140 Å². The molecule has 0 aliphatic heterocycles. The Bertz CT molecular complexity index is 3530. The van der Waals surface area contributed by atoms with Crippen molar-refractivity contribution in [2.24, 2.45) is 0 Å². The molecular weight excluding hydrogens is 681 g/mol. The minimum atomic E-state index is 0.653. The first-order valence-electron chi connectivity index (χ1n) is 19.1. The molecule has 9 aromatic carbocycles. The number of nitrogens with zero attached hydrogens (tertiary/aromatic N) is 4. The van der Waals surface area contributed by atoms with E-state index < -0.39 is 0 Å². The summed E-state index contributed by atoms with van der Waals surface area (Å²) >= 11 is 0. The van der Waals surface area contributed by atoms with Gasteiger partial charge in [0, 0.05) is 38.2 Å². The third-order valence-corrected chi connectivity index (χ3v) is 11.5. The third kappa shape index (κ3) is 4.60. The van der Waals surface area contributed by atoms with Crippen molar-refractivity contribution in [3.63, 3.8) is 0 Å². The van der Waals surface area contributed by atoms with Gasteiger partial charge in [0.15, 0.2) is 0 Å². The topological polar surface area (TPSA) is 35.6 Å². The van der Waals surface area contributed by atoms with E-state index >= 15 is 0 Å². The summed E-state index contributed by atoms with van der Waals surface area (Å²) in [6.07, 6.45) is 0. The van der Waals surface area contributed by atoms with E-state index in [4.69, 9.17) is 9.97 Å². The van der Waals surface area contributed by atoms with Gasteiger partial charge in [0.05, 0.1) is 33.3 Å². The molecule has 0 aliphatic rings. The van der Waals surface area contributed by atoms with E-state index in [1.807, 2.05) is 0 Å². The van der Waals surface area contributed by atoms with Crippen LogP contribution in [0.1, 0.15) is 0 Å². The molecule has 0 amide bonds. The molecule has 0 unspecified atom stereocenters. The molecule has 12 rings (SSSR count). The molecule has 260 valence electrons. The number of aromatic nitrogens is 4.